The fraction of sp³-hybridized carbons (Fsp3) is 0.214. The molecule has 3 rings (SSSR count). The Hall–Kier alpha value is -2.28. The Kier molecular flexibility index (Phi) is 3.42. The van der Waals surface area contributed by atoms with E-state index in [0.717, 1.165) is 5.56 Å². The number of hydrogen-bond acceptors (Lipinski definition) is 5. The van der Waals surface area contributed by atoms with Crippen molar-refractivity contribution in [2.75, 3.05) is 11.9 Å². The highest BCUT2D eigenvalue weighted by Crippen LogP contribution is 2.21. The molecule has 0 atom stereocenters. The first kappa shape index (κ1) is 13.7. The van der Waals surface area contributed by atoms with Crippen molar-refractivity contribution in [2.24, 2.45) is 0 Å². The van der Waals surface area contributed by atoms with Crippen LogP contribution < -0.4 is 10.5 Å². The monoisotopic (exact) mass is 304 g/mol. The van der Waals surface area contributed by atoms with Crippen LogP contribution in [-0.4, -0.2) is 21.6 Å². The van der Waals surface area contributed by atoms with E-state index in [-0.39, 0.29) is 11.4 Å². The number of halogens is 1. The topological polar surface area (TPSA) is 50.5 Å². The van der Waals surface area contributed by atoms with Crippen LogP contribution in [0.2, 0.25) is 0 Å². The van der Waals surface area contributed by atoms with Crippen molar-refractivity contribution in [2.45, 2.75) is 13.5 Å². The van der Waals surface area contributed by atoms with E-state index in [1.165, 1.54) is 34.1 Å². The third kappa shape index (κ3) is 2.78. The molecule has 1 aromatic carbocycles. The lowest BCUT2D eigenvalue weighted by atomic mass is 10.2. The van der Waals surface area contributed by atoms with Gasteiger partial charge in [-0.2, -0.15) is 4.52 Å². The van der Waals surface area contributed by atoms with Crippen molar-refractivity contribution in [1.29, 1.82) is 0 Å². The SMILES string of the molecule is Cc1cc(=O)n2nc(N(C)Cc3ccc(F)cc3)sc2n1. The molecule has 0 saturated heterocycles. The minimum absolute atomic E-state index is 0.185. The zero-order valence-corrected chi connectivity index (χ0v) is 12.4. The van der Waals surface area contributed by atoms with E-state index in [2.05, 4.69) is 10.1 Å². The van der Waals surface area contributed by atoms with E-state index in [1.54, 1.807) is 19.1 Å². The maximum atomic E-state index is 12.9. The van der Waals surface area contributed by atoms with Crippen LogP contribution in [0.1, 0.15) is 11.3 Å². The van der Waals surface area contributed by atoms with Crippen LogP contribution in [0.15, 0.2) is 35.1 Å². The lowest BCUT2D eigenvalue weighted by Gasteiger charge is -2.14. The fourth-order valence-electron chi connectivity index (χ4n) is 2.00. The summed E-state index contributed by atoms with van der Waals surface area (Å²) in [6, 6.07) is 7.77. The maximum absolute atomic E-state index is 12.9. The summed E-state index contributed by atoms with van der Waals surface area (Å²) in [6.07, 6.45) is 0. The third-order valence-corrected chi connectivity index (χ3v) is 4.04. The Morgan fingerprint density at radius 3 is 2.76 bits per heavy atom. The minimum atomic E-state index is -0.257. The summed E-state index contributed by atoms with van der Waals surface area (Å²) < 4.78 is 14.2. The molecular weight excluding hydrogens is 291 g/mol. The van der Waals surface area contributed by atoms with E-state index in [4.69, 9.17) is 0 Å². The van der Waals surface area contributed by atoms with Gasteiger partial charge in [0.25, 0.3) is 5.56 Å². The Labute approximate surface area is 124 Å². The van der Waals surface area contributed by atoms with Crippen LogP contribution >= 0.6 is 11.3 Å². The van der Waals surface area contributed by atoms with Crippen molar-refractivity contribution < 1.29 is 4.39 Å². The van der Waals surface area contributed by atoms with Gasteiger partial charge in [-0.3, -0.25) is 4.79 Å². The average Bonchev–Trinajstić information content (AvgIpc) is 2.85. The molecule has 0 aliphatic rings. The second kappa shape index (κ2) is 5.25. The number of rotatable bonds is 3. The third-order valence-electron chi connectivity index (χ3n) is 3.02. The first-order chi connectivity index (χ1) is 10.0. The van der Waals surface area contributed by atoms with Gasteiger partial charge in [0.1, 0.15) is 5.82 Å². The van der Waals surface area contributed by atoms with Gasteiger partial charge in [-0.05, 0) is 24.6 Å². The molecule has 5 nitrogen and oxygen atoms in total. The van der Waals surface area contributed by atoms with Crippen LogP contribution in [0, 0.1) is 12.7 Å². The van der Waals surface area contributed by atoms with Gasteiger partial charge >= 0.3 is 0 Å². The number of aromatic nitrogens is 3. The van der Waals surface area contributed by atoms with Crippen molar-refractivity contribution in [3.8, 4) is 0 Å². The number of nitrogens with zero attached hydrogens (tertiary/aromatic N) is 4. The summed E-state index contributed by atoms with van der Waals surface area (Å²) in [4.78, 5) is 18.6. The highest BCUT2D eigenvalue weighted by atomic mass is 32.1. The molecule has 0 amide bonds. The number of anilines is 1. The van der Waals surface area contributed by atoms with Gasteiger partial charge in [0.2, 0.25) is 10.1 Å². The number of hydrogen-bond donors (Lipinski definition) is 0. The molecule has 0 fully saturated rings. The minimum Gasteiger partial charge on any atom is -0.345 e. The predicted molar refractivity (Wildman–Crippen MR) is 80.4 cm³/mol. The Bertz CT molecular complexity index is 840. The summed E-state index contributed by atoms with van der Waals surface area (Å²) in [5, 5.41) is 4.97. The Morgan fingerprint density at radius 2 is 2.05 bits per heavy atom. The van der Waals surface area contributed by atoms with Crippen LogP contribution in [0.5, 0.6) is 0 Å². The van der Waals surface area contributed by atoms with Crippen molar-refractivity contribution in [3.05, 3.63) is 57.8 Å². The lowest BCUT2D eigenvalue weighted by Crippen LogP contribution is -2.18. The highest BCUT2D eigenvalue weighted by molar-refractivity contribution is 7.20. The molecule has 21 heavy (non-hydrogen) atoms. The van der Waals surface area contributed by atoms with Gasteiger partial charge in [0.05, 0.1) is 0 Å². The molecule has 0 spiro atoms. The average molecular weight is 304 g/mol. The van der Waals surface area contributed by atoms with Crippen LogP contribution in [0.25, 0.3) is 4.96 Å². The van der Waals surface area contributed by atoms with Crippen molar-refractivity contribution >= 4 is 21.4 Å². The van der Waals surface area contributed by atoms with E-state index < -0.39 is 0 Å². The van der Waals surface area contributed by atoms with Crippen molar-refractivity contribution in [1.82, 2.24) is 14.6 Å². The molecule has 0 N–H and O–H groups in total. The normalized spacial score (nSPS) is 11.0. The van der Waals surface area contributed by atoms with Crippen LogP contribution in [-0.2, 0) is 6.54 Å². The van der Waals surface area contributed by atoms with Gasteiger partial charge < -0.3 is 4.90 Å². The predicted octanol–water partition coefficient (Wildman–Crippen LogP) is 2.23. The fourth-order valence-corrected chi connectivity index (χ4v) is 2.91. The Morgan fingerprint density at radius 1 is 1.33 bits per heavy atom. The molecule has 0 bridgehead atoms. The molecule has 3 aromatic rings. The summed E-state index contributed by atoms with van der Waals surface area (Å²) in [7, 11) is 1.87. The van der Waals surface area contributed by atoms with E-state index in [9.17, 15) is 9.18 Å². The number of aryl methyl sites for hydroxylation is 1. The zero-order valence-electron chi connectivity index (χ0n) is 11.6. The molecular formula is C14H13FN4OS. The molecule has 0 saturated carbocycles. The first-order valence-corrected chi connectivity index (χ1v) is 7.18. The zero-order chi connectivity index (χ0) is 15.0. The number of benzene rings is 1. The summed E-state index contributed by atoms with van der Waals surface area (Å²) in [5.74, 6) is -0.257. The molecule has 7 heteroatoms. The quantitative estimate of drug-likeness (QED) is 0.744. The van der Waals surface area contributed by atoms with E-state index in [1.807, 2.05) is 11.9 Å². The molecule has 0 aliphatic carbocycles. The first-order valence-electron chi connectivity index (χ1n) is 6.36. The van der Waals surface area contributed by atoms with E-state index >= 15 is 0 Å². The van der Waals surface area contributed by atoms with E-state index in [0.29, 0.717) is 22.3 Å². The van der Waals surface area contributed by atoms with Gasteiger partial charge in [0.15, 0.2) is 0 Å². The van der Waals surface area contributed by atoms with Gasteiger partial charge in [-0.1, -0.05) is 23.5 Å². The molecule has 0 unspecified atom stereocenters. The van der Waals surface area contributed by atoms with Gasteiger partial charge in [-0.25, -0.2) is 9.37 Å². The Balaban J connectivity index is 1.91. The maximum Gasteiger partial charge on any atom is 0.275 e. The second-order valence-corrected chi connectivity index (χ2v) is 5.73. The standard InChI is InChI=1S/C14H13FN4OS/c1-9-7-12(20)19-13(16-9)21-14(17-19)18(2)8-10-3-5-11(15)6-4-10/h3-7H,8H2,1-2H3. The molecule has 108 valence electrons. The van der Waals surface area contributed by atoms with Crippen molar-refractivity contribution in [3.63, 3.8) is 0 Å². The largest absolute Gasteiger partial charge is 0.345 e. The molecule has 2 heterocycles. The summed E-state index contributed by atoms with van der Waals surface area (Å²) in [6.45, 7) is 2.36. The molecule has 0 aliphatic heterocycles. The lowest BCUT2D eigenvalue weighted by molar-refractivity contribution is 0.627. The summed E-state index contributed by atoms with van der Waals surface area (Å²) >= 11 is 1.35. The second-order valence-electron chi connectivity index (χ2n) is 4.80. The van der Waals surface area contributed by atoms with Crippen LogP contribution in [0.3, 0.4) is 0 Å². The van der Waals surface area contributed by atoms with Gasteiger partial charge in [0, 0.05) is 25.4 Å². The van der Waals surface area contributed by atoms with Crippen LogP contribution in [0.4, 0.5) is 9.52 Å². The smallest absolute Gasteiger partial charge is 0.275 e. The number of fused-ring (bicyclic) bond motifs is 1. The van der Waals surface area contributed by atoms with Gasteiger partial charge in [-0.15, -0.1) is 5.10 Å². The molecule has 0 radical (unpaired) electrons. The highest BCUT2D eigenvalue weighted by Gasteiger charge is 2.11. The summed E-state index contributed by atoms with van der Waals surface area (Å²) in [5.41, 5.74) is 1.46. The molecule has 2 aromatic heterocycles.